The van der Waals surface area contributed by atoms with E-state index in [1.54, 1.807) is 6.92 Å². The largest absolute Gasteiger partial charge is 0.461 e. The Labute approximate surface area is 104 Å². The highest BCUT2D eigenvalue weighted by Gasteiger charge is 2.21. The maximum absolute atomic E-state index is 11.5. The molecule has 0 saturated heterocycles. The number of carbonyl (C=O) groups excluding carboxylic acids is 3. The van der Waals surface area contributed by atoms with Crippen LogP contribution in [-0.2, 0) is 9.53 Å². The molecule has 0 fully saturated rings. The van der Waals surface area contributed by atoms with Crippen LogP contribution in [0.4, 0.5) is 9.59 Å². The van der Waals surface area contributed by atoms with Crippen LogP contribution in [0.1, 0.15) is 6.92 Å². The zero-order valence-corrected chi connectivity index (χ0v) is 10.6. The van der Waals surface area contributed by atoms with Gasteiger partial charge in [0.15, 0.2) is 0 Å². The molecule has 0 bridgehead atoms. The Hall–Kier alpha value is -2.43. The zero-order valence-electron chi connectivity index (χ0n) is 10.6. The Kier molecular flexibility index (Phi) is 6.06. The summed E-state index contributed by atoms with van der Waals surface area (Å²) in [6, 6.07) is -0.192. The van der Waals surface area contributed by atoms with Gasteiger partial charge in [0.05, 0.1) is 6.61 Å². The second-order valence-electron chi connectivity index (χ2n) is 3.31. The molecule has 0 aromatic carbocycles. The zero-order chi connectivity index (χ0) is 14.3. The fourth-order valence-corrected chi connectivity index (χ4v) is 0.868. The van der Waals surface area contributed by atoms with Gasteiger partial charge < -0.3 is 9.64 Å². The van der Waals surface area contributed by atoms with Crippen molar-refractivity contribution in [1.29, 1.82) is 5.26 Å². The highest BCUT2D eigenvalue weighted by Crippen LogP contribution is 1.96. The highest BCUT2D eigenvalue weighted by molar-refractivity contribution is 6.44. The molecule has 0 saturated carbocycles. The lowest BCUT2D eigenvalue weighted by Gasteiger charge is -2.17. The van der Waals surface area contributed by atoms with Gasteiger partial charge in [0.25, 0.3) is 0 Å². The molecule has 4 amide bonds. The minimum atomic E-state index is -1.02. The van der Waals surface area contributed by atoms with Gasteiger partial charge in [0.1, 0.15) is 6.07 Å². The van der Waals surface area contributed by atoms with Gasteiger partial charge >= 0.3 is 18.0 Å². The fourth-order valence-electron chi connectivity index (χ4n) is 0.868. The van der Waals surface area contributed by atoms with Crippen LogP contribution in [0, 0.1) is 11.3 Å². The van der Waals surface area contributed by atoms with Crippen molar-refractivity contribution in [3.8, 4) is 6.07 Å². The summed E-state index contributed by atoms with van der Waals surface area (Å²) in [7, 11) is 4.09. The number of hydrogen-bond acceptors (Lipinski definition) is 5. The van der Waals surface area contributed by atoms with E-state index < -0.39 is 23.7 Å². The van der Waals surface area contributed by atoms with E-state index in [-0.39, 0.29) is 6.61 Å². The predicted octanol–water partition coefficient (Wildman–Crippen LogP) is 0.247. The Morgan fingerprint density at radius 1 is 1.28 bits per heavy atom. The molecule has 98 valence electrons. The van der Waals surface area contributed by atoms with Crippen molar-refractivity contribution >= 4 is 23.7 Å². The third-order valence-corrected chi connectivity index (χ3v) is 1.74. The normalized spacial score (nSPS) is 10.3. The van der Waals surface area contributed by atoms with Gasteiger partial charge in [0.2, 0.25) is 5.71 Å². The average Bonchev–Trinajstić information content (AvgIpc) is 2.33. The molecule has 0 aromatic rings. The number of rotatable bonds is 2. The minimum absolute atomic E-state index is 0.0557. The van der Waals surface area contributed by atoms with E-state index in [2.05, 4.69) is 9.73 Å². The number of ether oxygens (including phenoxy) is 1. The molecular formula is C10H14N4O4. The third-order valence-electron chi connectivity index (χ3n) is 1.74. The van der Waals surface area contributed by atoms with Crippen molar-refractivity contribution in [2.75, 3.05) is 27.7 Å². The van der Waals surface area contributed by atoms with Gasteiger partial charge in [-0.2, -0.15) is 10.3 Å². The summed E-state index contributed by atoms with van der Waals surface area (Å²) in [6.45, 7) is 1.61. The second-order valence-corrected chi connectivity index (χ2v) is 3.31. The minimum Gasteiger partial charge on any atom is -0.461 e. The van der Waals surface area contributed by atoms with Crippen molar-refractivity contribution in [1.82, 2.24) is 9.80 Å². The number of urea groups is 2. The number of carbonyl (C=O) groups is 3. The lowest BCUT2D eigenvalue weighted by molar-refractivity contribution is -0.134. The molecule has 0 spiro atoms. The van der Waals surface area contributed by atoms with Gasteiger partial charge in [0, 0.05) is 21.1 Å². The van der Waals surface area contributed by atoms with E-state index in [4.69, 9.17) is 5.26 Å². The summed E-state index contributed by atoms with van der Waals surface area (Å²) in [5, 5.41) is 8.65. The molecule has 0 aromatic heterocycles. The van der Waals surface area contributed by atoms with Crippen molar-refractivity contribution in [3.63, 3.8) is 0 Å². The lowest BCUT2D eigenvalue weighted by Crippen LogP contribution is -2.39. The summed E-state index contributed by atoms with van der Waals surface area (Å²) in [6.07, 6.45) is 0. The average molecular weight is 254 g/mol. The molecule has 0 aliphatic carbocycles. The van der Waals surface area contributed by atoms with E-state index in [0.717, 1.165) is 4.90 Å². The number of aliphatic imine (C=N–C) groups is 1. The standard InChI is InChI=1S/C10H14N4O4/c1-5-18-8(15)7(6-11)12-9(16)14(4)10(17)13(2)3/h5H2,1-4H3. The first-order valence-corrected chi connectivity index (χ1v) is 5.00. The highest BCUT2D eigenvalue weighted by atomic mass is 16.5. The summed E-state index contributed by atoms with van der Waals surface area (Å²) in [5.41, 5.74) is -0.694. The van der Waals surface area contributed by atoms with Gasteiger partial charge in [-0.1, -0.05) is 0 Å². The first-order valence-electron chi connectivity index (χ1n) is 5.00. The third kappa shape index (κ3) is 4.21. The Bertz CT molecular complexity index is 422. The molecule has 8 nitrogen and oxygen atoms in total. The molecule has 0 radical (unpaired) electrons. The second kappa shape index (κ2) is 7.01. The lowest BCUT2D eigenvalue weighted by atomic mass is 10.4. The summed E-state index contributed by atoms with van der Waals surface area (Å²) in [5.74, 6) is -1.00. The number of esters is 1. The van der Waals surface area contributed by atoms with Crippen LogP contribution in [0.25, 0.3) is 0 Å². The van der Waals surface area contributed by atoms with E-state index in [0.29, 0.717) is 4.90 Å². The number of amides is 4. The van der Waals surface area contributed by atoms with Crippen LogP contribution in [0.15, 0.2) is 4.99 Å². The molecule has 0 unspecified atom stereocenters. The molecule has 8 heteroatoms. The Balaban J connectivity index is 4.95. The molecule has 0 aliphatic rings. The van der Waals surface area contributed by atoms with Gasteiger partial charge in [-0.3, -0.25) is 0 Å². The first-order chi connectivity index (χ1) is 8.34. The van der Waals surface area contributed by atoms with Crippen molar-refractivity contribution in [2.24, 2.45) is 4.99 Å². The van der Waals surface area contributed by atoms with Crippen LogP contribution >= 0.6 is 0 Å². The first kappa shape index (κ1) is 15.6. The number of hydrogen-bond donors (Lipinski definition) is 0. The molecule has 0 N–H and O–H groups in total. The number of imide groups is 1. The van der Waals surface area contributed by atoms with E-state index in [1.807, 2.05) is 0 Å². The molecule has 0 aliphatic heterocycles. The molecule has 0 heterocycles. The van der Waals surface area contributed by atoms with E-state index in [1.165, 1.54) is 27.2 Å². The van der Waals surface area contributed by atoms with E-state index in [9.17, 15) is 14.4 Å². The van der Waals surface area contributed by atoms with Crippen LogP contribution in [-0.4, -0.2) is 61.3 Å². The Morgan fingerprint density at radius 2 is 1.83 bits per heavy atom. The van der Waals surface area contributed by atoms with Crippen molar-refractivity contribution in [3.05, 3.63) is 0 Å². The summed E-state index contributed by atoms with van der Waals surface area (Å²) < 4.78 is 4.53. The predicted molar refractivity (Wildman–Crippen MR) is 61.9 cm³/mol. The Morgan fingerprint density at radius 3 is 2.22 bits per heavy atom. The molecular weight excluding hydrogens is 240 g/mol. The maximum Gasteiger partial charge on any atom is 0.368 e. The van der Waals surface area contributed by atoms with Crippen molar-refractivity contribution < 1.29 is 19.1 Å². The smallest absolute Gasteiger partial charge is 0.368 e. The van der Waals surface area contributed by atoms with E-state index >= 15 is 0 Å². The number of nitrogens with zero attached hydrogens (tertiary/aromatic N) is 4. The van der Waals surface area contributed by atoms with Crippen molar-refractivity contribution in [2.45, 2.75) is 6.92 Å². The van der Waals surface area contributed by atoms with Gasteiger partial charge in [-0.25, -0.2) is 19.3 Å². The summed E-state index contributed by atoms with van der Waals surface area (Å²) >= 11 is 0. The van der Waals surface area contributed by atoms with Gasteiger partial charge in [-0.05, 0) is 6.92 Å². The van der Waals surface area contributed by atoms with Crippen LogP contribution in [0.2, 0.25) is 0 Å². The van der Waals surface area contributed by atoms with Gasteiger partial charge in [-0.15, -0.1) is 0 Å². The van der Waals surface area contributed by atoms with Crippen LogP contribution in [0.3, 0.4) is 0 Å². The topological polar surface area (TPSA) is 103 Å². The maximum atomic E-state index is 11.5. The van der Waals surface area contributed by atoms with Crippen LogP contribution < -0.4 is 0 Å². The molecule has 0 rings (SSSR count). The SMILES string of the molecule is CCOC(=O)C(C#N)=NC(=O)N(C)C(=O)N(C)C. The fraction of sp³-hybridized carbons (Fsp3) is 0.500. The molecule has 18 heavy (non-hydrogen) atoms. The van der Waals surface area contributed by atoms with Crippen LogP contribution in [0.5, 0.6) is 0 Å². The number of nitriles is 1. The monoisotopic (exact) mass is 254 g/mol. The quantitative estimate of drug-likeness (QED) is 0.519. The molecule has 0 atom stereocenters. The summed E-state index contributed by atoms with van der Waals surface area (Å²) in [4.78, 5) is 39.2.